The van der Waals surface area contributed by atoms with E-state index in [0.717, 1.165) is 55.9 Å². The molecule has 2 fully saturated rings. The molecule has 2 saturated heterocycles. The predicted molar refractivity (Wildman–Crippen MR) is 97.0 cm³/mol. The van der Waals surface area contributed by atoms with E-state index in [4.69, 9.17) is 4.74 Å². The molecule has 0 radical (unpaired) electrons. The van der Waals surface area contributed by atoms with E-state index in [1.54, 1.807) is 0 Å². The number of urea groups is 1. The zero-order valence-electron chi connectivity index (χ0n) is 15.2. The van der Waals surface area contributed by atoms with Crippen molar-refractivity contribution in [2.45, 2.75) is 38.8 Å². The van der Waals surface area contributed by atoms with E-state index >= 15 is 0 Å². The van der Waals surface area contributed by atoms with Gasteiger partial charge in [-0.05, 0) is 49.9 Å². The second-order valence-electron chi connectivity index (χ2n) is 7.25. The van der Waals surface area contributed by atoms with Crippen molar-refractivity contribution < 1.29 is 14.6 Å². The molecule has 1 aromatic carbocycles. The van der Waals surface area contributed by atoms with Crippen LogP contribution in [0.1, 0.15) is 24.0 Å². The van der Waals surface area contributed by atoms with Crippen molar-refractivity contribution in [2.24, 2.45) is 0 Å². The van der Waals surface area contributed by atoms with Gasteiger partial charge in [0.15, 0.2) is 0 Å². The third-order valence-electron chi connectivity index (χ3n) is 4.99. The van der Waals surface area contributed by atoms with Crippen LogP contribution >= 0.6 is 0 Å². The largest absolute Gasteiger partial charge is 0.491 e. The number of aliphatic hydroxyl groups excluding tert-OH is 1. The zero-order valence-corrected chi connectivity index (χ0v) is 15.2. The minimum atomic E-state index is -0.507. The monoisotopic (exact) mass is 347 g/mol. The first-order valence-electron chi connectivity index (χ1n) is 9.17. The number of β-amino-alcohol motifs (C(OH)–C–C–N with tert-alkyl or cyclic N) is 1. The summed E-state index contributed by atoms with van der Waals surface area (Å²) in [6, 6.07) is 6.50. The molecule has 6 heteroatoms. The van der Waals surface area contributed by atoms with Crippen LogP contribution in [0.25, 0.3) is 0 Å². The number of nitrogens with one attached hydrogen (secondary N) is 1. The molecule has 6 nitrogen and oxygen atoms in total. The topological polar surface area (TPSA) is 65.0 Å². The SMILES string of the molecule is Cc1cc(C)cc(OCC(O)CN2CCC(N3CCNC3=O)CC2)c1. The van der Waals surface area contributed by atoms with E-state index in [0.29, 0.717) is 19.2 Å². The maximum atomic E-state index is 11.7. The highest BCUT2D eigenvalue weighted by molar-refractivity contribution is 5.76. The maximum Gasteiger partial charge on any atom is 0.317 e. The normalized spacial score (nSPS) is 20.6. The number of hydrogen-bond donors (Lipinski definition) is 2. The molecule has 2 aliphatic rings. The van der Waals surface area contributed by atoms with Crippen LogP contribution in [-0.2, 0) is 0 Å². The Morgan fingerprint density at radius 2 is 1.88 bits per heavy atom. The average molecular weight is 347 g/mol. The molecule has 0 saturated carbocycles. The van der Waals surface area contributed by atoms with Crippen molar-refractivity contribution >= 4 is 6.03 Å². The number of likely N-dealkylation sites (tertiary alicyclic amines) is 1. The van der Waals surface area contributed by atoms with Crippen molar-refractivity contribution in [1.82, 2.24) is 15.1 Å². The molecule has 25 heavy (non-hydrogen) atoms. The molecular weight excluding hydrogens is 318 g/mol. The molecule has 1 unspecified atom stereocenters. The molecule has 2 aliphatic heterocycles. The van der Waals surface area contributed by atoms with Gasteiger partial charge in [0.1, 0.15) is 18.5 Å². The molecule has 0 spiro atoms. The Bertz CT molecular complexity index is 579. The molecule has 0 aromatic heterocycles. The van der Waals surface area contributed by atoms with Crippen molar-refractivity contribution in [2.75, 3.05) is 39.3 Å². The molecule has 2 heterocycles. The lowest BCUT2D eigenvalue weighted by Crippen LogP contribution is -2.48. The fraction of sp³-hybridized carbons (Fsp3) is 0.632. The molecule has 138 valence electrons. The van der Waals surface area contributed by atoms with Crippen LogP contribution in [0.15, 0.2) is 18.2 Å². The number of carbonyl (C=O) groups excluding carboxylic acids is 1. The molecule has 0 bridgehead atoms. The summed E-state index contributed by atoms with van der Waals surface area (Å²) >= 11 is 0. The molecule has 1 atom stereocenters. The van der Waals surface area contributed by atoms with Crippen molar-refractivity contribution in [3.8, 4) is 5.75 Å². The van der Waals surface area contributed by atoms with Gasteiger partial charge >= 0.3 is 6.03 Å². The highest BCUT2D eigenvalue weighted by Crippen LogP contribution is 2.19. The predicted octanol–water partition coefficient (Wildman–Crippen LogP) is 1.53. The van der Waals surface area contributed by atoms with Crippen LogP contribution in [0.5, 0.6) is 5.75 Å². The number of benzene rings is 1. The van der Waals surface area contributed by atoms with Gasteiger partial charge < -0.3 is 25.0 Å². The summed E-state index contributed by atoms with van der Waals surface area (Å²) in [6.07, 6.45) is 1.43. The lowest BCUT2D eigenvalue weighted by Gasteiger charge is -2.36. The van der Waals surface area contributed by atoms with Crippen molar-refractivity contribution in [3.05, 3.63) is 29.3 Å². The number of aryl methyl sites for hydroxylation is 2. The first kappa shape index (κ1) is 18.0. The summed E-state index contributed by atoms with van der Waals surface area (Å²) in [5.74, 6) is 0.815. The number of nitrogens with zero attached hydrogens (tertiary/aromatic N) is 2. The number of ether oxygens (including phenoxy) is 1. The van der Waals surface area contributed by atoms with Gasteiger partial charge in [-0.1, -0.05) is 6.07 Å². The smallest absolute Gasteiger partial charge is 0.317 e. The zero-order chi connectivity index (χ0) is 17.8. The van der Waals surface area contributed by atoms with Gasteiger partial charge in [0.2, 0.25) is 0 Å². The number of carbonyl (C=O) groups is 1. The van der Waals surface area contributed by atoms with Gasteiger partial charge in [0.05, 0.1) is 0 Å². The van der Waals surface area contributed by atoms with Crippen LogP contribution < -0.4 is 10.1 Å². The van der Waals surface area contributed by atoms with Gasteiger partial charge in [0.25, 0.3) is 0 Å². The molecule has 1 aromatic rings. The van der Waals surface area contributed by atoms with Crippen LogP contribution in [-0.4, -0.2) is 72.4 Å². The molecular formula is C19H29N3O3. The Morgan fingerprint density at radius 3 is 2.48 bits per heavy atom. The van der Waals surface area contributed by atoms with Crippen LogP contribution in [0.2, 0.25) is 0 Å². The Balaban J connectivity index is 1.40. The second kappa shape index (κ2) is 8.06. The molecule has 0 aliphatic carbocycles. The van der Waals surface area contributed by atoms with Gasteiger partial charge in [-0.2, -0.15) is 0 Å². The third kappa shape index (κ3) is 4.86. The van der Waals surface area contributed by atoms with E-state index in [2.05, 4.69) is 16.3 Å². The highest BCUT2D eigenvalue weighted by atomic mass is 16.5. The summed E-state index contributed by atoms with van der Waals surface area (Å²) in [4.78, 5) is 16.0. The summed E-state index contributed by atoms with van der Waals surface area (Å²) in [7, 11) is 0. The summed E-state index contributed by atoms with van der Waals surface area (Å²) < 4.78 is 5.75. The minimum Gasteiger partial charge on any atom is -0.491 e. The van der Waals surface area contributed by atoms with Gasteiger partial charge in [0, 0.05) is 38.8 Å². The number of aliphatic hydroxyl groups is 1. The number of piperidine rings is 1. The first-order chi connectivity index (χ1) is 12.0. The van der Waals surface area contributed by atoms with Crippen LogP contribution in [0, 0.1) is 13.8 Å². The third-order valence-corrected chi connectivity index (χ3v) is 4.99. The van der Waals surface area contributed by atoms with Crippen molar-refractivity contribution in [3.63, 3.8) is 0 Å². The average Bonchev–Trinajstić information content (AvgIpc) is 2.99. The molecule has 3 rings (SSSR count). The fourth-order valence-corrected chi connectivity index (χ4v) is 3.81. The number of rotatable bonds is 6. The Kier molecular flexibility index (Phi) is 5.81. The van der Waals surface area contributed by atoms with E-state index in [1.165, 1.54) is 0 Å². The number of hydrogen-bond acceptors (Lipinski definition) is 4. The van der Waals surface area contributed by atoms with Crippen LogP contribution in [0.3, 0.4) is 0 Å². The van der Waals surface area contributed by atoms with Gasteiger partial charge in [-0.15, -0.1) is 0 Å². The maximum absolute atomic E-state index is 11.7. The fourth-order valence-electron chi connectivity index (χ4n) is 3.81. The van der Waals surface area contributed by atoms with Crippen LogP contribution in [0.4, 0.5) is 4.79 Å². The standard InChI is InChI=1S/C19H29N3O3/c1-14-9-15(2)11-18(10-14)25-13-17(23)12-21-6-3-16(4-7-21)22-8-5-20-19(22)24/h9-11,16-17,23H,3-8,12-13H2,1-2H3,(H,20,24). The molecule has 2 amide bonds. The summed E-state index contributed by atoms with van der Waals surface area (Å²) in [5.41, 5.74) is 2.33. The van der Waals surface area contributed by atoms with E-state index < -0.39 is 6.10 Å². The molecule has 2 N–H and O–H groups in total. The number of amides is 2. The lowest BCUT2D eigenvalue weighted by atomic mass is 10.0. The lowest BCUT2D eigenvalue weighted by molar-refractivity contribution is 0.0508. The minimum absolute atomic E-state index is 0.0698. The first-order valence-corrected chi connectivity index (χ1v) is 9.17. The van der Waals surface area contributed by atoms with Gasteiger partial charge in [-0.3, -0.25) is 0 Å². The Morgan fingerprint density at radius 1 is 1.20 bits per heavy atom. The second-order valence-corrected chi connectivity index (χ2v) is 7.25. The Labute approximate surface area is 149 Å². The Hall–Kier alpha value is -1.79. The van der Waals surface area contributed by atoms with Gasteiger partial charge in [-0.25, -0.2) is 4.79 Å². The van der Waals surface area contributed by atoms with Crippen molar-refractivity contribution in [1.29, 1.82) is 0 Å². The van der Waals surface area contributed by atoms with E-state index in [1.807, 2.05) is 30.9 Å². The van der Waals surface area contributed by atoms with E-state index in [-0.39, 0.29) is 6.03 Å². The highest BCUT2D eigenvalue weighted by Gasteiger charge is 2.30. The summed E-state index contributed by atoms with van der Waals surface area (Å²) in [6.45, 7) is 8.40. The summed E-state index contributed by atoms with van der Waals surface area (Å²) in [5, 5.41) is 13.1. The van der Waals surface area contributed by atoms with E-state index in [9.17, 15) is 9.90 Å². The quantitative estimate of drug-likeness (QED) is 0.819.